The monoisotopic (exact) mass is 295 g/mol. The first kappa shape index (κ1) is 15.8. The molecule has 3 nitrogen and oxygen atoms in total. The van der Waals surface area contributed by atoms with Crippen LogP contribution in [0, 0.1) is 13.8 Å². The highest BCUT2D eigenvalue weighted by molar-refractivity contribution is 6.02. The predicted molar refractivity (Wildman–Crippen MR) is 91.2 cm³/mol. The van der Waals surface area contributed by atoms with Crippen molar-refractivity contribution in [1.82, 2.24) is 0 Å². The Morgan fingerprint density at radius 2 is 1.95 bits per heavy atom. The number of hydrogen-bond acceptors (Lipinski definition) is 2. The van der Waals surface area contributed by atoms with Crippen LogP contribution in [-0.4, -0.2) is 12.5 Å². The molecule has 0 bridgehead atoms. The number of anilines is 1. The first-order valence-corrected chi connectivity index (χ1v) is 7.38. The van der Waals surface area contributed by atoms with E-state index in [2.05, 4.69) is 5.32 Å². The van der Waals surface area contributed by atoms with Gasteiger partial charge in [0.2, 0.25) is 5.91 Å². The molecule has 0 aromatic heterocycles. The maximum absolute atomic E-state index is 12.1. The van der Waals surface area contributed by atoms with E-state index >= 15 is 0 Å². The molecule has 0 saturated carbocycles. The fraction of sp³-hybridized carbons (Fsp3) is 0.211. The zero-order valence-corrected chi connectivity index (χ0v) is 13.2. The lowest BCUT2D eigenvalue weighted by Gasteiger charge is -2.08. The lowest BCUT2D eigenvalue weighted by atomic mass is 10.1. The minimum absolute atomic E-state index is 0.153. The van der Waals surface area contributed by atoms with Crippen LogP contribution in [0.4, 0.5) is 5.69 Å². The second kappa shape index (κ2) is 7.46. The lowest BCUT2D eigenvalue weighted by Crippen LogP contribution is -2.09. The largest absolute Gasteiger partial charge is 0.493 e. The van der Waals surface area contributed by atoms with E-state index in [0.717, 1.165) is 28.1 Å². The fourth-order valence-corrected chi connectivity index (χ4v) is 2.12. The third-order valence-corrected chi connectivity index (χ3v) is 3.28. The Hall–Kier alpha value is -2.55. The van der Waals surface area contributed by atoms with Gasteiger partial charge in [-0.3, -0.25) is 4.79 Å². The quantitative estimate of drug-likeness (QED) is 0.833. The number of para-hydroxylation sites is 1. The molecule has 0 unspecified atom stereocenters. The van der Waals surface area contributed by atoms with Gasteiger partial charge in [0, 0.05) is 17.3 Å². The van der Waals surface area contributed by atoms with Gasteiger partial charge in [0.25, 0.3) is 0 Å². The molecule has 2 aromatic rings. The molecule has 0 fully saturated rings. The van der Waals surface area contributed by atoms with Crippen LogP contribution >= 0.6 is 0 Å². The smallest absolute Gasteiger partial charge is 0.248 e. The number of hydrogen-bond donors (Lipinski definition) is 1. The van der Waals surface area contributed by atoms with Crippen molar-refractivity contribution < 1.29 is 9.53 Å². The Balaban J connectivity index is 2.10. The minimum atomic E-state index is -0.153. The van der Waals surface area contributed by atoms with Gasteiger partial charge in [0.15, 0.2) is 0 Å². The second-order valence-corrected chi connectivity index (χ2v) is 5.11. The summed E-state index contributed by atoms with van der Waals surface area (Å²) in [7, 11) is 0. The van der Waals surface area contributed by atoms with Crippen LogP contribution < -0.4 is 10.1 Å². The Labute approximate surface area is 131 Å². The van der Waals surface area contributed by atoms with E-state index in [1.165, 1.54) is 6.08 Å². The molecule has 0 aliphatic carbocycles. The van der Waals surface area contributed by atoms with Gasteiger partial charge in [-0.25, -0.2) is 0 Å². The van der Waals surface area contributed by atoms with Crippen molar-refractivity contribution in [2.45, 2.75) is 20.8 Å². The van der Waals surface area contributed by atoms with Gasteiger partial charge in [-0.05, 0) is 50.1 Å². The summed E-state index contributed by atoms with van der Waals surface area (Å²) >= 11 is 0. The van der Waals surface area contributed by atoms with Crippen molar-refractivity contribution in [2.24, 2.45) is 0 Å². The zero-order valence-electron chi connectivity index (χ0n) is 13.2. The molecule has 0 radical (unpaired) electrons. The van der Waals surface area contributed by atoms with Crippen LogP contribution in [0.3, 0.4) is 0 Å². The van der Waals surface area contributed by atoms with Crippen molar-refractivity contribution in [1.29, 1.82) is 0 Å². The maximum Gasteiger partial charge on any atom is 0.248 e. The van der Waals surface area contributed by atoms with Crippen molar-refractivity contribution in [2.75, 3.05) is 11.9 Å². The molecule has 114 valence electrons. The summed E-state index contributed by atoms with van der Waals surface area (Å²) in [5.41, 5.74) is 3.89. The van der Waals surface area contributed by atoms with Gasteiger partial charge in [-0.15, -0.1) is 0 Å². The van der Waals surface area contributed by atoms with E-state index in [9.17, 15) is 4.79 Å². The van der Waals surface area contributed by atoms with Crippen molar-refractivity contribution in [3.63, 3.8) is 0 Å². The normalized spacial score (nSPS) is 10.7. The minimum Gasteiger partial charge on any atom is -0.493 e. The average molecular weight is 295 g/mol. The summed E-state index contributed by atoms with van der Waals surface area (Å²) in [4.78, 5) is 12.1. The Morgan fingerprint density at radius 3 is 2.73 bits per heavy atom. The number of aryl methyl sites for hydroxylation is 2. The van der Waals surface area contributed by atoms with Crippen molar-refractivity contribution in [3.05, 3.63) is 65.2 Å². The highest BCUT2D eigenvalue weighted by atomic mass is 16.5. The van der Waals surface area contributed by atoms with Crippen LogP contribution in [0.25, 0.3) is 6.08 Å². The van der Waals surface area contributed by atoms with Gasteiger partial charge in [-0.2, -0.15) is 0 Å². The molecule has 1 N–H and O–H groups in total. The summed E-state index contributed by atoms with van der Waals surface area (Å²) in [6.07, 6.45) is 3.30. The number of ether oxygens (including phenoxy) is 1. The summed E-state index contributed by atoms with van der Waals surface area (Å²) in [6, 6.07) is 13.6. The van der Waals surface area contributed by atoms with E-state index < -0.39 is 0 Å². The summed E-state index contributed by atoms with van der Waals surface area (Å²) < 4.78 is 5.54. The van der Waals surface area contributed by atoms with Crippen LogP contribution in [0.5, 0.6) is 5.75 Å². The molecule has 22 heavy (non-hydrogen) atoms. The highest BCUT2D eigenvalue weighted by Crippen LogP contribution is 2.20. The first-order chi connectivity index (χ1) is 10.6. The van der Waals surface area contributed by atoms with Gasteiger partial charge < -0.3 is 10.1 Å². The van der Waals surface area contributed by atoms with Crippen molar-refractivity contribution in [3.8, 4) is 5.75 Å². The number of nitrogens with one attached hydrogen (secondary N) is 1. The van der Waals surface area contributed by atoms with E-state index in [4.69, 9.17) is 4.74 Å². The molecular weight excluding hydrogens is 274 g/mol. The molecule has 0 aliphatic heterocycles. The second-order valence-electron chi connectivity index (χ2n) is 5.11. The summed E-state index contributed by atoms with van der Waals surface area (Å²) in [5, 5.41) is 2.91. The molecule has 0 saturated heterocycles. The molecule has 1 amide bonds. The molecule has 2 rings (SSSR count). The van der Waals surface area contributed by atoms with Gasteiger partial charge in [0.1, 0.15) is 5.75 Å². The molecule has 3 heteroatoms. The van der Waals surface area contributed by atoms with E-state index in [1.54, 1.807) is 6.08 Å². The van der Waals surface area contributed by atoms with Crippen LogP contribution in [0.2, 0.25) is 0 Å². The van der Waals surface area contributed by atoms with Gasteiger partial charge >= 0.3 is 0 Å². The Morgan fingerprint density at radius 1 is 1.18 bits per heavy atom. The summed E-state index contributed by atoms with van der Waals surface area (Å²) in [5.74, 6) is 0.626. The van der Waals surface area contributed by atoms with E-state index in [0.29, 0.717) is 6.61 Å². The van der Waals surface area contributed by atoms with Gasteiger partial charge in [0.05, 0.1) is 6.61 Å². The van der Waals surface area contributed by atoms with E-state index in [-0.39, 0.29) is 5.91 Å². The highest BCUT2D eigenvalue weighted by Gasteiger charge is 2.03. The number of benzene rings is 2. The summed E-state index contributed by atoms with van der Waals surface area (Å²) in [6.45, 7) is 6.51. The van der Waals surface area contributed by atoms with Crippen molar-refractivity contribution >= 4 is 17.7 Å². The Kier molecular flexibility index (Phi) is 5.37. The molecule has 0 heterocycles. The number of carbonyl (C=O) groups is 1. The standard InChI is InChI=1S/C19H21NO2/c1-4-22-18-8-6-5-7-16(18)11-12-19(21)20-17-13-14(2)9-10-15(17)3/h5-13H,4H2,1-3H3,(H,20,21)/b12-11+. The predicted octanol–water partition coefficient (Wildman–Crippen LogP) is 4.35. The fourth-order valence-electron chi connectivity index (χ4n) is 2.12. The molecule has 2 aromatic carbocycles. The van der Waals surface area contributed by atoms with Crippen LogP contribution in [0.1, 0.15) is 23.6 Å². The number of carbonyl (C=O) groups excluding carboxylic acids is 1. The third-order valence-electron chi connectivity index (χ3n) is 3.28. The zero-order chi connectivity index (χ0) is 15.9. The van der Waals surface area contributed by atoms with Crippen LogP contribution in [0.15, 0.2) is 48.5 Å². The lowest BCUT2D eigenvalue weighted by molar-refractivity contribution is -0.111. The molecular formula is C19H21NO2. The SMILES string of the molecule is CCOc1ccccc1/C=C/C(=O)Nc1cc(C)ccc1C. The van der Waals surface area contributed by atoms with E-state index in [1.807, 2.05) is 63.2 Å². The topological polar surface area (TPSA) is 38.3 Å². The molecule has 0 atom stereocenters. The maximum atomic E-state index is 12.1. The molecule has 0 spiro atoms. The average Bonchev–Trinajstić information content (AvgIpc) is 2.50. The van der Waals surface area contributed by atoms with Gasteiger partial charge in [-0.1, -0.05) is 30.3 Å². The first-order valence-electron chi connectivity index (χ1n) is 7.38. The third kappa shape index (κ3) is 4.22. The van der Waals surface area contributed by atoms with Crippen LogP contribution in [-0.2, 0) is 4.79 Å². The number of rotatable bonds is 5. The number of amides is 1. The Bertz CT molecular complexity index is 690. The molecule has 0 aliphatic rings.